The average Bonchev–Trinajstić information content (AvgIpc) is 2.05. The van der Waals surface area contributed by atoms with Crippen LogP contribution in [0.2, 0.25) is 12.6 Å². The van der Waals surface area contributed by atoms with Crippen LogP contribution in [0, 0.1) is 0 Å². The van der Waals surface area contributed by atoms with Gasteiger partial charge < -0.3 is 8.85 Å². The minimum absolute atomic E-state index is 0.451. The van der Waals surface area contributed by atoms with Crippen LogP contribution >= 0.6 is 0 Å². The van der Waals surface area contributed by atoms with E-state index in [2.05, 4.69) is 4.99 Å². The summed E-state index contributed by atoms with van der Waals surface area (Å²) in [4.78, 5) is 13.3. The van der Waals surface area contributed by atoms with Crippen LogP contribution in [-0.2, 0) is 13.6 Å². The maximum Gasteiger partial charge on any atom is 0.336 e. The Kier molecular flexibility index (Phi) is 6.71. The minimum Gasteiger partial charge on any atom is -0.395 e. The maximum absolute atomic E-state index is 9.85. The molecule has 0 rings (SSSR count). The van der Waals surface area contributed by atoms with Crippen molar-refractivity contribution in [3.8, 4) is 0 Å². The predicted molar refractivity (Wildman–Crippen MR) is 52.7 cm³/mol. The molecule has 0 aliphatic heterocycles. The van der Waals surface area contributed by atoms with Crippen LogP contribution in [0.5, 0.6) is 0 Å². The van der Waals surface area contributed by atoms with E-state index in [4.69, 9.17) is 8.85 Å². The van der Waals surface area contributed by atoms with E-state index >= 15 is 0 Å². The molecule has 0 aromatic carbocycles. The first-order chi connectivity index (χ1) is 6.18. The molecule has 0 aliphatic rings. The van der Waals surface area contributed by atoms with E-state index in [-0.39, 0.29) is 0 Å². The van der Waals surface area contributed by atoms with Crippen molar-refractivity contribution in [3.63, 3.8) is 0 Å². The second-order valence-electron chi connectivity index (χ2n) is 2.72. The van der Waals surface area contributed by atoms with Gasteiger partial charge in [-0.1, -0.05) is 0 Å². The Balaban J connectivity index is 3.97. The molecule has 0 amide bonds. The molecule has 0 N–H and O–H groups in total. The minimum atomic E-state index is -2.06. The molecule has 0 atom stereocenters. The molecule has 0 bridgehead atoms. The van der Waals surface area contributed by atoms with Crippen molar-refractivity contribution in [2.45, 2.75) is 26.4 Å². The zero-order valence-corrected chi connectivity index (χ0v) is 9.50. The zero-order chi connectivity index (χ0) is 10.2. The van der Waals surface area contributed by atoms with Gasteiger partial charge in [-0.2, -0.15) is 0 Å². The van der Waals surface area contributed by atoms with Gasteiger partial charge >= 0.3 is 8.56 Å². The zero-order valence-electron chi connectivity index (χ0n) is 8.50. The summed E-state index contributed by atoms with van der Waals surface area (Å²) in [5, 5.41) is 0. The summed E-state index contributed by atoms with van der Waals surface area (Å²) < 4.78 is 11.1. The largest absolute Gasteiger partial charge is 0.395 e. The van der Waals surface area contributed by atoms with Crippen molar-refractivity contribution in [2.24, 2.45) is 4.99 Å². The molecule has 0 saturated heterocycles. The van der Waals surface area contributed by atoms with Gasteiger partial charge in [-0.3, -0.25) is 0 Å². The lowest BCUT2D eigenvalue weighted by Crippen LogP contribution is -2.39. The molecule has 0 aromatic rings. The molecule has 4 nitrogen and oxygen atoms in total. The highest BCUT2D eigenvalue weighted by atomic mass is 28.4. The Bertz CT molecular complexity index is 174. The highest BCUT2D eigenvalue weighted by Gasteiger charge is 2.29. The monoisotopic (exact) mass is 203 g/mol. The fourth-order valence-corrected chi connectivity index (χ4v) is 3.21. The van der Waals surface area contributed by atoms with E-state index < -0.39 is 8.56 Å². The van der Waals surface area contributed by atoms with Crippen LogP contribution in [-0.4, -0.2) is 34.4 Å². The lowest BCUT2D eigenvalue weighted by atomic mass is 10.8. The highest BCUT2D eigenvalue weighted by Crippen LogP contribution is 2.12. The number of rotatable bonds is 7. The third-order valence-electron chi connectivity index (χ3n) is 1.64. The summed E-state index contributed by atoms with van der Waals surface area (Å²) in [7, 11) is -2.06. The number of hydrogen-bond donors (Lipinski definition) is 0. The van der Waals surface area contributed by atoms with Gasteiger partial charge in [0.05, 0.1) is 6.54 Å². The first-order valence-electron chi connectivity index (χ1n) is 4.50. The lowest BCUT2D eigenvalue weighted by molar-refractivity contribution is 0.189. The average molecular weight is 203 g/mol. The normalized spacial score (nSPS) is 11.0. The quantitative estimate of drug-likeness (QED) is 0.357. The summed E-state index contributed by atoms with van der Waals surface area (Å²) in [6, 6.07) is 0.712. The van der Waals surface area contributed by atoms with Crippen LogP contribution in [0.25, 0.3) is 0 Å². The highest BCUT2D eigenvalue weighted by molar-refractivity contribution is 6.66. The molecule has 0 unspecified atom stereocenters. The first-order valence-corrected chi connectivity index (χ1v) is 7.02. The van der Waals surface area contributed by atoms with Crippen LogP contribution in [0.15, 0.2) is 4.99 Å². The number of isocyanates is 1. The van der Waals surface area contributed by atoms with Gasteiger partial charge in [0.15, 0.2) is 0 Å². The standard InChI is InChI=1S/C8H17NO3Si/c1-4-11-13(3,12-5-2)7-6-9-8-10/h4-7H2,1-3H3. The predicted octanol–water partition coefficient (Wildman–Crippen LogP) is 1.47. The third kappa shape index (κ3) is 5.71. The Labute approximate surface area is 80.2 Å². The number of aliphatic imine (C=N–C) groups is 1. The van der Waals surface area contributed by atoms with Crippen molar-refractivity contribution in [1.29, 1.82) is 0 Å². The van der Waals surface area contributed by atoms with Gasteiger partial charge in [-0.15, -0.1) is 0 Å². The number of hydrogen-bond acceptors (Lipinski definition) is 4. The van der Waals surface area contributed by atoms with Crippen LogP contribution < -0.4 is 0 Å². The molecule has 0 spiro atoms. The molecule has 13 heavy (non-hydrogen) atoms. The SMILES string of the molecule is CCO[Si](C)(CCN=C=O)OCC. The van der Waals surface area contributed by atoms with Crippen LogP contribution in [0.3, 0.4) is 0 Å². The lowest BCUT2D eigenvalue weighted by Gasteiger charge is -2.24. The molecule has 76 valence electrons. The fourth-order valence-electron chi connectivity index (χ4n) is 1.10. The topological polar surface area (TPSA) is 47.9 Å². The van der Waals surface area contributed by atoms with E-state index in [1.54, 1.807) is 0 Å². The van der Waals surface area contributed by atoms with E-state index in [0.717, 1.165) is 0 Å². The van der Waals surface area contributed by atoms with Crippen molar-refractivity contribution < 1.29 is 13.6 Å². The van der Waals surface area contributed by atoms with Gasteiger partial charge in [-0.25, -0.2) is 9.79 Å². The second-order valence-corrected chi connectivity index (χ2v) is 6.07. The van der Waals surface area contributed by atoms with E-state index in [1.807, 2.05) is 20.4 Å². The summed E-state index contributed by atoms with van der Waals surface area (Å²) in [6.45, 7) is 7.61. The van der Waals surface area contributed by atoms with Gasteiger partial charge in [0.1, 0.15) is 0 Å². The summed E-state index contributed by atoms with van der Waals surface area (Å²) in [5.41, 5.74) is 0. The molecule has 0 saturated carbocycles. The maximum atomic E-state index is 9.85. The van der Waals surface area contributed by atoms with Gasteiger partial charge in [-0.05, 0) is 20.4 Å². The number of carbonyl (C=O) groups excluding carboxylic acids is 1. The van der Waals surface area contributed by atoms with Crippen LogP contribution in [0.1, 0.15) is 13.8 Å². The first kappa shape index (κ1) is 12.5. The van der Waals surface area contributed by atoms with Crippen molar-refractivity contribution in [1.82, 2.24) is 0 Å². The third-order valence-corrected chi connectivity index (χ3v) is 4.57. The molecule has 0 aromatic heterocycles. The molecule has 5 heteroatoms. The molecule has 0 fully saturated rings. The smallest absolute Gasteiger partial charge is 0.336 e. The van der Waals surface area contributed by atoms with Gasteiger partial charge in [0, 0.05) is 19.3 Å². The Morgan fingerprint density at radius 3 is 2.23 bits per heavy atom. The van der Waals surface area contributed by atoms with Crippen LogP contribution in [0.4, 0.5) is 0 Å². The molecule has 0 heterocycles. The van der Waals surface area contributed by atoms with Gasteiger partial charge in [0.2, 0.25) is 6.08 Å². The fraction of sp³-hybridized carbons (Fsp3) is 0.875. The Hall–Kier alpha value is -0.483. The molecule has 0 radical (unpaired) electrons. The molecular formula is C8H17NO3Si. The Morgan fingerprint density at radius 1 is 1.31 bits per heavy atom. The van der Waals surface area contributed by atoms with Gasteiger partial charge in [0.25, 0.3) is 0 Å². The number of nitrogens with zero attached hydrogens (tertiary/aromatic N) is 1. The van der Waals surface area contributed by atoms with E-state index in [9.17, 15) is 4.79 Å². The summed E-state index contributed by atoms with van der Waals surface area (Å²) >= 11 is 0. The molecular weight excluding hydrogens is 186 g/mol. The van der Waals surface area contributed by atoms with Crippen molar-refractivity contribution in [3.05, 3.63) is 0 Å². The van der Waals surface area contributed by atoms with Crippen molar-refractivity contribution in [2.75, 3.05) is 19.8 Å². The summed E-state index contributed by atoms with van der Waals surface area (Å²) in [6.07, 6.45) is 1.51. The Morgan fingerprint density at radius 2 is 1.85 bits per heavy atom. The summed E-state index contributed by atoms with van der Waals surface area (Å²) in [5.74, 6) is 0. The van der Waals surface area contributed by atoms with E-state index in [0.29, 0.717) is 25.8 Å². The van der Waals surface area contributed by atoms with Crippen molar-refractivity contribution >= 4 is 14.6 Å². The molecule has 0 aliphatic carbocycles. The second kappa shape index (κ2) is 6.97. The van der Waals surface area contributed by atoms with E-state index in [1.165, 1.54) is 6.08 Å².